The molecule has 2 N–H and O–H groups in total. The van der Waals surface area contributed by atoms with E-state index >= 15 is 0 Å². The quantitative estimate of drug-likeness (QED) is 0.625. The van der Waals surface area contributed by atoms with Gasteiger partial charge in [0.1, 0.15) is 5.82 Å². The Kier molecular flexibility index (Phi) is 4.67. The zero-order chi connectivity index (χ0) is 21.0. The van der Waals surface area contributed by atoms with Crippen LogP contribution in [0.1, 0.15) is 11.8 Å². The third-order valence-corrected chi connectivity index (χ3v) is 8.41. The van der Waals surface area contributed by atoms with Crippen LogP contribution in [0.3, 0.4) is 0 Å². The Morgan fingerprint density at radius 1 is 1.38 bits per heavy atom. The van der Waals surface area contributed by atoms with Crippen molar-refractivity contribution in [2.75, 3.05) is 12.8 Å². The zero-order valence-electron chi connectivity index (χ0n) is 15.4. The summed E-state index contributed by atoms with van der Waals surface area (Å²) in [5, 5.41) is 11.3. The van der Waals surface area contributed by atoms with Gasteiger partial charge >= 0.3 is 0 Å². The number of aromatic nitrogens is 1. The number of guanidine groups is 1. The van der Waals surface area contributed by atoms with Gasteiger partial charge < -0.3 is 9.73 Å². The number of nitrogens with zero attached hydrogens (tertiary/aromatic N) is 2. The lowest BCUT2D eigenvalue weighted by atomic mass is 10.0. The molecular weight excluding hydrogens is 439 g/mol. The van der Waals surface area contributed by atoms with Crippen LogP contribution in [-0.2, 0) is 15.6 Å². The minimum atomic E-state index is -3.65. The summed E-state index contributed by atoms with van der Waals surface area (Å²) in [6, 6.07) is 7.45. The number of oxazole rings is 1. The summed E-state index contributed by atoms with van der Waals surface area (Å²) in [6.07, 6.45) is 1.54. The van der Waals surface area contributed by atoms with Crippen LogP contribution in [0.5, 0.6) is 0 Å². The average Bonchev–Trinajstić information content (AvgIpc) is 3.27. The number of benzene rings is 1. The largest absolute Gasteiger partial charge is 0.435 e. The van der Waals surface area contributed by atoms with Crippen LogP contribution in [0.2, 0.25) is 5.02 Å². The summed E-state index contributed by atoms with van der Waals surface area (Å²) in [7, 11) is -2.32. The maximum absolute atomic E-state index is 13.1. The molecule has 3 aromatic rings. The number of sulfonamides is 1. The van der Waals surface area contributed by atoms with Gasteiger partial charge in [-0.15, -0.1) is 11.3 Å². The van der Waals surface area contributed by atoms with Crippen LogP contribution in [-0.4, -0.2) is 36.5 Å². The predicted molar refractivity (Wildman–Crippen MR) is 110 cm³/mol. The molecule has 4 rings (SSSR count). The second-order valence-corrected chi connectivity index (χ2v) is 10.3. The van der Waals surface area contributed by atoms with Crippen LogP contribution < -0.4 is 5.32 Å². The SMILES string of the molecule is CN1C(=N)N[C@](C)(c2sc(-c3cnc(-c4ccc(F)cc4)o3)cc2Cl)CS1(=O)=O. The molecule has 1 fully saturated rings. The van der Waals surface area contributed by atoms with E-state index in [1.807, 2.05) is 0 Å². The smallest absolute Gasteiger partial charge is 0.239 e. The van der Waals surface area contributed by atoms with E-state index in [9.17, 15) is 12.8 Å². The first-order valence-corrected chi connectivity index (χ1v) is 11.2. The van der Waals surface area contributed by atoms with Crippen molar-refractivity contribution >= 4 is 38.9 Å². The molecule has 1 atom stereocenters. The highest BCUT2D eigenvalue weighted by Crippen LogP contribution is 2.42. The first kappa shape index (κ1) is 19.9. The molecule has 1 aliphatic rings. The van der Waals surface area contributed by atoms with Gasteiger partial charge in [-0.2, -0.15) is 0 Å². The fourth-order valence-electron chi connectivity index (χ4n) is 3.08. The Hall–Kier alpha value is -2.43. The molecule has 1 aliphatic heterocycles. The van der Waals surface area contributed by atoms with Crippen LogP contribution in [0.25, 0.3) is 22.1 Å². The van der Waals surface area contributed by atoms with Gasteiger partial charge in [-0.1, -0.05) is 11.6 Å². The van der Waals surface area contributed by atoms with Gasteiger partial charge in [-0.25, -0.2) is 22.1 Å². The van der Waals surface area contributed by atoms with Crippen molar-refractivity contribution in [1.29, 1.82) is 5.41 Å². The van der Waals surface area contributed by atoms with Crippen molar-refractivity contribution < 1.29 is 17.2 Å². The molecule has 0 spiro atoms. The van der Waals surface area contributed by atoms with Crippen molar-refractivity contribution in [3.8, 4) is 22.1 Å². The Bertz CT molecular complexity index is 1210. The lowest BCUT2D eigenvalue weighted by molar-refractivity contribution is 0.424. The van der Waals surface area contributed by atoms with Gasteiger partial charge in [-0.05, 0) is 37.3 Å². The molecule has 0 amide bonds. The molecular formula is C18H16ClFN4O3S2. The van der Waals surface area contributed by atoms with E-state index in [-0.39, 0.29) is 17.5 Å². The molecule has 3 heterocycles. The van der Waals surface area contributed by atoms with Crippen LogP contribution in [0.15, 0.2) is 40.9 Å². The first-order valence-electron chi connectivity index (χ1n) is 8.44. The number of nitrogens with one attached hydrogen (secondary N) is 2. The summed E-state index contributed by atoms with van der Waals surface area (Å²) >= 11 is 7.69. The van der Waals surface area contributed by atoms with E-state index < -0.39 is 15.6 Å². The second kappa shape index (κ2) is 6.82. The molecule has 0 saturated carbocycles. The predicted octanol–water partition coefficient (Wildman–Crippen LogP) is 3.88. The van der Waals surface area contributed by atoms with Crippen LogP contribution >= 0.6 is 22.9 Å². The fraction of sp³-hybridized carbons (Fsp3) is 0.222. The van der Waals surface area contributed by atoms with E-state index in [4.69, 9.17) is 21.4 Å². The number of hydrogen-bond acceptors (Lipinski definition) is 6. The normalized spacial score (nSPS) is 21.2. The van der Waals surface area contributed by atoms with Crippen molar-refractivity contribution in [3.05, 3.63) is 52.2 Å². The van der Waals surface area contributed by atoms with E-state index in [1.54, 1.807) is 25.1 Å². The van der Waals surface area contributed by atoms with Gasteiger partial charge in [0.05, 0.1) is 32.3 Å². The lowest BCUT2D eigenvalue weighted by Gasteiger charge is -2.39. The highest BCUT2D eigenvalue weighted by molar-refractivity contribution is 7.89. The Labute approximate surface area is 175 Å². The molecule has 0 bridgehead atoms. The summed E-state index contributed by atoms with van der Waals surface area (Å²) in [5.41, 5.74) is -0.425. The van der Waals surface area contributed by atoms with Crippen LogP contribution in [0, 0.1) is 11.2 Å². The molecule has 2 aromatic heterocycles. The average molecular weight is 455 g/mol. The molecule has 11 heteroatoms. The zero-order valence-corrected chi connectivity index (χ0v) is 17.8. The lowest BCUT2D eigenvalue weighted by Crippen LogP contribution is -2.60. The maximum atomic E-state index is 13.1. The summed E-state index contributed by atoms with van der Waals surface area (Å²) < 4.78 is 44.6. The molecule has 1 saturated heterocycles. The number of rotatable bonds is 3. The van der Waals surface area contributed by atoms with Crippen molar-refractivity contribution in [3.63, 3.8) is 0 Å². The molecule has 0 radical (unpaired) electrons. The van der Waals surface area contributed by atoms with Crippen molar-refractivity contribution in [2.45, 2.75) is 12.5 Å². The minimum absolute atomic E-state index is 0.219. The van der Waals surface area contributed by atoms with Gasteiger partial charge in [-0.3, -0.25) is 5.41 Å². The number of hydrogen-bond donors (Lipinski definition) is 2. The van der Waals surface area contributed by atoms with Crippen molar-refractivity contribution in [1.82, 2.24) is 14.6 Å². The van der Waals surface area contributed by atoms with E-state index in [0.29, 0.717) is 32.0 Å². The monoisotopic (exact) mass is 454 g/mol. The Morgan fingerprint density at radius 3 is 2.72 bits per heavy atom. The molecule has 29 heavy (non-hydrogen) atoms. The summed E-state index contributed by atoms with van der Waals surface area (Å²) in [4.78, 5) is 5.47. The van der Waals surface area contributed by atoms with Crippen LogP contribution in [0.4, 0.5) is 4.39 Å². The van der Waals surface area contributed by atoms with Gasteiger partial charge in [0.15, 0.2) is 5.76 Å². The highest BCUT2D eigenvalue weighted by Gasteiger charge is 2.44. The van der Waals surface area contributed by atoms with E-state index in [0.717, 1.165) is 4.31 Å². The van der Waals surface area contributed by atoms with Crippen molar-refractivity contribution in [2.24, 2.45) is 0 Å². The van der Waals surface area contributed by atoms with E-state index in [1.165, 1.54) is 36.7 Å². The Balaban J connectivity index is 1.69. The summed E-state index contributed by atoms with van der Waals surface area (Å²) in [5.74, 6) is -0.0240. The third kappa shape index (κ3) is 3.52. The van der Waals surface area contributed by atoms with Gasteiger partial charge in [0.2, 0.25) is 21.9 Å². The number of halogens is 2. The molecule has 0 aliphatic carbocycles. The molecule has 7 nitrogen and oxygen atoms in total. The molecule has 1 aromatic carbocycles. The van der Waals surface area contributed by atoms with Gasteiger partial charge in [0.25, 0.3) is 0 Å². The van der Waals surface area contributed by atoms with Gasteiger partial charge in [0, 0.05) is 12.6 Å². The van der Waals surface area contributed by atoms with E-state index in [2.05, 4.69) is 10.3 Å². The standard InChI is InChI=1S/C18H16ClFN4O3S2/c1-18(9-29(25,26)24(2)17(21)23-18)15-12(19)7-14(28-15)13-8-22-16(27-13)10-3-5-11(20)6-4-10/h3-8H,9H2,1-2H3,(H2,21,23)/t18-/m0/s1. The molecule has 0 unspecified atom stereocenters. The molecule has 152 valence electrons. The third-order valence-electron chi connectivity index (χ3n) is 4.63. The topological polar surface area (TPSA) is 99.3 Å². The minimum Gasteiger partial charge on any atom is -0.435 e. The second-order valence-electron chi connectivity index (χ2n) is 6.85. The highest BCUT2D eigenvalue weighted by atomic mass is 35.5. The fourth-order valence-corrected chi connectivity index (χ4v) is 6.23. The maximum Gasteiger partial charge on any atom is 0.239 e. The summed E-state index contributed by atoms with van der Waals surface area (Å²) in [6.45, 7) is 1.69. The first-order chi connectivity index (χ1) is 13.6. The number of thiophene rings is 1. The Morgan fingerprint density at radius 2 is 2.07 bits per heavy atom.